The zero-order valence-electron chi connectivity index (χ0n) is 11.9. The molecule has 0 aromatic rings. The quantitative estimate of drug-likeness (QED) is 0.768. The minimum Gasteiger partial charge on any atom is -0.381 e. The van der Waals surface area contributed by atoms with Crippen LogP contribution >= 0.6 is 0 Å². The molecule has 0 bridgehead atoms. The van der Waals surface area contributed by atoms with Gasteiger partial charge in [0.05, 0.1) is 6.61 Å². The van der Waals surface area contributed by atoms with Crippen LogP contribution in [0.5, 0.6) is 0 Å². The molecule has 2 aliphatic rings. The molecule has 106 valence electrons. The zero-order chi connectivity index (χ0) is 12.8. The van der Waals surface area contributed by atoms with Crippen molar-refractivity contribution in [2.45, 2.75) is 19.3 Å². The molecule has 4 heteroatoms. The smallest absolute Gasteiger partial charge is 0.0547 e. The number of hydrogen-bond acceptors (Lipinski definition) is 4. The van der Waals surface area contributed by atoms with E-state index in [2.05, 4.69) is 17.3 Å². The second-order valence-electron chi connectivity index (χ2n) is 6.09. The number of nitrogens with one attached hydrogen (secondary N) is 1. The average molecular weight is 256 g/mol. The van der Waals surface area contributed by atoms with E-state index in [4.69, 9.17) is 9.47 Å². The minimum absolute atomic E-state index is 0.328. The molecule has 2 saturated heterocycles. The molecule has 0 radical (unpaired) electrons. The lowest BCUT2D eigenvalue weighted by molar-refractivity contribution is 0.0475. The highest BCUT2D eigenvalue weighted by atomic mass is 16.5. The van der Waals surface area contributed by atoms with E-state index in [0.717, 1.165) is 45.4 Å². The Bertz CT molecular complexity index is 236. The predicted octanol–water partition coefficient (Wildman–Crippen LogP) is 0.971. The standard InChI is InChI=1S/C14H28N2O2/c1-15-10-14(5-8-18-12-14)11-16(2)9-13-3-6-17-7-4-13/h13,15H,3-12H2,1-2H3. The van der Waals surface area contributed by atoms with Gasteiger partial charge < -0.3 is 19.7 Å². The summed E-state index contributed by atoms with van der Waals surface area (Å²) < 4.78 is 11.0. The number of hydrogen-bond donors (Lipinski definition) is 1. The Morgan fingerprint density at radius 2 is 2.00 bits per heavy atom. The number of ether oxygens (including phenoxy) is 2. The van der Waals surface area contributed by atoms with Crippen LogP contribution in [0.15, 0.2) is 0 Å². The summed E-state index contributed by atoms with van der Waals surface area (Å²) >= 11 is 0. The van der Waals surface area contributed by atoms with E-state index < -0.39 is 0 Å². The monoisotopic (exact) mass is 256 g/mol. The van der Waals surface area contributed by atoms with Crippen LogP contribution in [0.25, 0.3) is 0 Å². The van der Waals surface area contributed by atoms with Crippen molar-refractivity contribution in [2.75, 3.05) is 60.2 Å². The number of nitrogens with zero attached hydrogens (tertiary/aromatic N) is 1. The Labute approximate surface area is 111 Å². The van der Waals surface area contributed by atoms with Gasteiger partial charge in [0.1, 0.15) is 0 Å². The Balaban J connectivity index is 1.78. The van der Waals surface area contributed by atoms with Gasteiger partial charge in [0, 0.05) is 44.9 Å². The van der Waals surface area contributed by atoms with Gasteiger partial charge in [0.15, 0.2) is 0 Å². The fourth-order valence-corrected chi connectivity index (χ4v) is 3.35. The summed E-state index contributed by atoms with van der Waals surface area (Å²) in [6, 6.07) is 0. The summed E-state index contributed by atoms with van der Waals surface area (Å²) in [6.45, 7) is 7.14. The normalized spacial score (nSPS) is 30.2. The molecule has 2 rings (SSSR count). The van der Waals surface area contributed by atoms with Gasteiger partial charge in [-0.1, -0.05) is 0 Å². The second-order valence-corrected chi connectivity index (χ2v) is 6.09. The largest absolute Gasteiger partial charge is 0.381 e. The summed E-state index contributed by atoms with van der Waals surface area (Å²) in [5.41, 5.74) is 0.328. The first-order valence-corrected chi connectivity index (χ1v) is 7.23. The molecule has 1 atom stereocenters. The molecular formula is C14H28N2O2. The first-order valence-electron chi connectivity index (χ1n) is 7.23. The van der Waals surface area contributed by atoms with Gasteiger partial charge in [-0.15, -0.1) is 0 Å². The highest BCUT2D eigenvalue weighted by molar-refractivity contribution is 4.88. The summed E-state index contributed by atoms with van der Waals surface area (Å²) in [5.74, 6) is 0.817. The molecule has 0 aromatic carbocycles. The molecule has 0 spiro atoms. The Hall–Kier alpha value is -0.160. The predicted molar refractivity (Wildman–Crippen MR) is 72.8 cm³/mol. The van der Waals surface area contributed by atoms with Gasteiger partial charge in [0.2, 0.25) is 0 Å². The van der Waals surface area contributed by atoms with Crippen LogP contribution in [0.3, 0.4) is 0 Å². The molecule has 1 unspecified atom stereocenters. The van der Waals surface area contributed by atoms with Crippen molar-refractivity contribution in [1.82, 2.24) is 10.2 Å². The van der Waals surface area contributed by atoms with E-state index in [0.29, 0.717) is 5.41 Å². The van der Waals surface area contributed by atoms with Crippen molar-refractivity contribution in [3.8, 4) is 0 Å². The summed E-state index contributed by atoms with van der Waals surface area (Å²) in [4.78, 5) is 2.50. The van der Waals surface area contributed by atoms with Crippen molar-refractivity contribution in [3.05, 3.63) is 0 Å². The molecular weight excluding hydrogens is 228 g/mol. The Morgan fingerprint density at radius 3 is 2.61 bits per heavy atom. The summed E-state index contributed by atoms with van der Waals surface area (Å²) in [6.07, 6.45) is 3.63. The third kappa shape index (κ3) is 3.92. The molecule has 0 aromatic heterocycles. The highest BCUT2D eigenvalue weighted by Crippen LogP contribution is 2.29. The fraction of sp³-hybridized carbons (Fsp3) is 1.00. The molecule has 1 N–H and O–H groups in total. The van der Waals surface area contributed by atoms with Gasteiger partial charge in [-0.05, 0) is 39.3 Å². The van der Waals surface area contributed by atoms with Crippen LogP contribution in [0.2, 0.25) is 0 Å². The van der Waals surface area contributed by atoms with Gasteiger partial charge in [0.25, 0.3) is 0 Å². The van der Waals surface area contributed by atoms with Crippen LogP contribution in [-0.2, 0) is 9.47 Å². The van der Waals surface area contributed by atoms with Gasteiger partial charge in [-0.2, -0.15) is 0 Å². The second kappa shape index (κ2) is 6.85. The minimum atomic E-state index is 0.328. The van der Waals surface area contributed by atoms with E-state index in [-0.39, 0.29) is 0 Å². The van der Waals surface area contributed by atoms with Crippen LogP contribution in [0.4, 0.5) is 0 Å². The summed E-state index contributed by atoms with van der Waals surface area (Å²) in [7, 11) is 4.30. The third-order valence-electron chi connectivity index (χ3n) is 4.25. The molecule has 0 amide bonds. The van der Waals surface area contributed by atoms with Gasteiger partial charge in [-0.25, -0.2) is 0 Å². The molecule has 2 aliphatic heterocycles. The third-order valence-corrected chi connectivity index (χ3v) is 4.25. The Kier molecular flexibility index (Phi) is 5.42. The van der Waals surface area contributed by atoms with E-state index in [1.54, 1.807) is 0 Å². The maximum absolute atomic E-state index is 5.62. The lowest BCUT2D eigenvalue weighted by atomic mass is 9.86. The molecule has 0 saturated carbocycles. The van der Waals surface area contributed by atoms with Crippen molar-refractivity contribution < 1.29 is 9.47 Å². The zero-order valence-corrected chi connectivity index (χ0v) is 11.9. The highest BCUT2D eigenvalue weighted by Gasteiger charge is 2.35. The SMILES string of the molecule is CNCC1(CN(C)CC2CCOCC2)CCOC1. The maximum atomic E-state index is 5.62. The van der Waals surface area contributed by atoms with Crippen molar-refractivity contribution in [1.29, 1.82) is 0 Å². The Morgan fingerprint density at radius 1 is 1.22 bits per heavy atom. The lowest BCUT2D eigenvalue weighted by Crippen LogP contribution is -2.44. The first kappa shape index (κ1) is 14.3. The van der Waals surface area contributed by atoms with E-state index >= 15 is 0 Å². The molecule has 2 fully saturated rings. The maximum Gasteiger partial charge on any atom is 0.0547 e. The fourth-order valence-electron chi connectivity index (χ4n) is 3.35. The van der Waals surface area contributed by atoms with Crippen LogP contribution in [0.1, 0.15) is 19.3 Å². The average Bonchev–Trinajstić information content (AvgIpc) is 2.79. The first-order chi connectivity index (χ1) is 8.74. The van der Waals surface area contributed by atoms with E-state index in [9.17, 15) is 0 Å². The van der Waals surface area contributed by atoms with Crippen molar-refractivity contribution >= 4 is 0 Å². The van der Waals surface area contributed by atoms with Gasteiger partial charge in [-0.3, -0.25) is 0 Å². The van der Waals surface area contributed by atoms with Crippen molar-refractivity contribution in [3.63, 3.8) is 0 Å². The van der Waals surface area contributed by atoms with E-state index in [1.807, 2.05) is 7.05 Å². The van der Waals surface area contributed by atoms with Crippen LogP contribution in [-0.4, -0.2) is 65.1 Å². The van der Waals surface area contributed by atoms with Crippen LogP contribution in [0, 0.1) is 11.3 Å². The molecule has 2 heterocycles. The number of rotatable bonds is 6. The van der Waals surface area contributed by atoms with E-state index in [1.165, 1.54) is 25.8 Å². The molecule has 4 nitrogen and oxygen atoms in total. The van der Waals surface area contributed by atoms with Crippen LogP contribution < -0.4 is 5.32 Å². The molecule has 0 aliphatic carbocycles. The lowest BCUT2D eigenvalue weighted by Gasteiger charge is -2.34. The summed E-state index contributed by atoms with van der Waals surface area (Å²) in [5, 5.41) is 3.33. The molecule has 18 heavy (non-hydrogen) atoms. The van der Waals surface area contributed by atoms with Gasteiger partial charge >= 0.3 is 0 Å². The van der Waals surface area contributed by atoms with Crippen molar-refractivity contribution in [2.24, 2.45) is 11.3 Å². The topological polar surface area (TPSA) is 33.7 Å².